The third kappa shape index (κ3) is 2.96. The van der Waals surface area contributed by atoms with Crippen molar-refractivity contribution in [1.82, 2.24) is 0 Å². The molecule has 0 aromatic heterocycles. The largest absolute Gasteiger partial charge is 0.396 e. The first kappa shape index (κ1) is 11.0. The molecule has 0 spiro atoms. The molecule has 0 saturated heterocycles. The molecule has 0 atom stereocenters. The molecule has 0 saturated carbocycles. The first-order chi connectivity index (χ1) is 7.15. The van der Waals surface area contributed by atoms with Crippen molar-refractivity contribution in [2.24, 2.45) is 5.11 Å². The van der Waals surface area contributed by atoms with Crippen LogP contribution in [0.3, 0.4) is 0 Å². The van der Waals surface area contributed by atoms with Crippen molar-refractivity contribution in [3.8, 4) is 0 Å². The number of nitrogens with two attached hydrogens (primary N) is 1. The van der Waals surface area contributed by atoms with E-state index in [9.17, 15) is 8.78 Å². The highest BCUT2D eigenvalue weighted by Gasteiger charge is 2.04. The van der Waals surface area contributed by atoms with E-state index in [0.717, 1.165) is 12.1 Å². The number of anilines is 1. The minimum Gasteiger partial charge on any atom is -0.396 e. The molecule has 0 aliphatic rings. The van der Waals surface area contributed by atoms with Crippen LogP contribution in [0.15, 0.2) is 23.3 Å². The van der Waals surface area contributed by atoms with Crippen molar-refractivity contribution in [3.05, 3.63) is 45.8 Å². The molecule has 15 heavy (non-hydrogen) atoms. The van der Waals surface area contributed by atoms with E-state index in [0.29, 0.717) is 0 Å². The van der Waals surface area contributed by atoms with Crippen molar-refractivity contribution < 1.29 is 8.78 Å². The summed E-state index contributed by atoms with van der Waals surface area (Å²) in [5.41, 5.74) is 13.0. The van der Waals surface area contributed by atoms with Gasteiger partial charge >= 0.3 is 0 Å². The van der Waals surface area contributed by atoms with Crippen LogP contribution in [-0.2, 0) is 0 Å². The van der Waals surface area contributed by atoms with Gasteiger partial charge in [0.1, 0.15) is 11.6 Å². The molecule has 78 valence electrons. The quantitative estimate of drug-likeness (QED) is 0.354. The maximum absolute atomic E-state index is 13.1. The predicted molar refractivity (Wildman–Crippen MR) is 53.8 cm³/mol. The number of nitrogens with zero attached hydrogens (tertiary/aromatic N) is 3. The van der Waals surface area contributed by atoms with Crippen LogP contribution in [0.25, 0.3) is 16.5 Å². The van der Waals surface area contributed by atoms with Crippen LogP contribution in [0.1, 0.15) is 5.56 Å². The molecule has 0 radical (unpaired) electrons. The minimum absolute atomic E-state index is 0.0647. The average Bonchev–Trinajstić information content (AvgIpc) is 2.20. The first-order valence-corrected chi connectivity index (χ1v) is 4.07. The third-order valence-corrected chi connectivity index (χ3v) is 1.66. The summed E-state index contributed by atoms with van der Waals surface area (Å²) < 4.78 is 26.1. The molecular formula is C9H8F2N4. The van der Waals surface area contributed by atoms with Gasteiger partial charge in [0.15, 0.2) is 0 Å². The van der Waals surface area contributed by atoms with Crippen LogP contribution in [0.2, 0.25) is 0 Å². The molecule has 1 aromatic rings. The summed E-state index contributed by atoms with van der Waals surface area (Å²) in [7, 11) is 0. The Bertz CT molecular complexity index is 436. The second kappa shape index (κ2) is 4.97. The summed E-state index contributed by atoms with van der Waals surface area (Å²) in [6.45, 7) is 0.0853. The van der Waals surface area contributed by atoms with E-state index in [-0.39, 0.29) is 17.8 Å². The van der Waals surface area contributed by atoms with Crippen molar-refractivity contribution >= 4 is 11.8 Å². The number of azide groups is 1. The highest BCUT2D eigenvalue weighted by Crippen LogP contribution is 2.17. The van der Waals surface area contributed by atoms with Crippen molar-refractivity contribution in [1.29, 1.82) is 0 Å². The topological polar surface area (TPSA) is 74.8 Å². The molecule has 0 aliphatic carbocycles. The molecule has 4 nitrogen and oxygen atoms in total. The van der Waals surface area contributed by atoms with Crippen LogP contribution in [0.4, 0.5) is 14.5 Å². The second-order valence-corrected chi connectivity index (χ2v) is 2.71. The molecule has 6 heteroatoms. The maximum Gasteiger partial charge on any atom is 0.146 e. The fourth-order valence-electron chi connectivity index (χ4n) is 0.969. The number of nitrogen functional groups attached to an aromatic ring is 1. The van der Waals surface area contributed by atoms with Gasteiger partial charge in [0.2, 0.25) is 0 Å². The Morgan fingerprint density at radius 2 is 2.13 bits per heavy atom. The van der Waals surface area contributed by atoms with Crippen molar-refractivity contribution in [3.63, 3.8) is 0 Å². The van der Waals surface area contributed by atoms with Crippen molar-refractivity contribution in [2.75, 3.05) is 12.3 Å². The smallest absolute Gasteiger partial charge is 0.146 e. The number of hydrogen-bond acceptors (Lipinski definition) is 2. The van der Waals surface area contributed by atoms with E-state index < -0.39 is 11.6 Å². The van der Waals surface area contributed by atoms with Crippen LogP contribution in [0, 0.1) is 11.6 Å². The zero-order chi connectivity index (χ0) is 11.3. The van der Waals surface area contributed by atoms with Gasteiger partial charge in [-0.1, -0.05) is 17.3 Å². The van der Waals surface area contributed by atoms with E-state index in [1.807, 2.05) is 0 Å². The maximum atomic E-state index is 13.1. The molecule has 1 aromatic carbocycles. The molecule has 0 unspecified atom stereocenters. The Balaban J connectivity index is 2.90. The van der Waals surface area contributed by atoms with Crippen LogP contribution < -0.4 is 5.73 Å². The van der Waals surface area contributed by atoms with E-state index in [4.69, 9.17) is 11.3 Å². The second-order valence-electron chi connectivity index (χ2n) is 2.71. The van der Waals surface area contributed by atoms with Gasteiger partial charge in [-0.15, -0.1) is 0 Å². The van der Waals surface area contributed by atoms with Gasteiger partial charge in [-0.25, -0.2) is 8.78 Å². The lowest BCUT2D eigenvalue weighted by Gasteiger charge is -2.00. The van der Waals surface area contributed by atoms with Crippen LogP contribution in [0.5, 0.6) is 0 Å². The van der Waals surface area contributed by atoms with Gasteiger partial charge in [0.25, 0.3) is 0 Å². The zero-order valence-electron chi connectivity index (χ0n) is 7.69. The molecule has 0 heterocycles. The molecule has 2 N–H and O–H groups in total. The molecule has 0 fully saturated rings. The lowest BCUT2D eigenvalue weighted by molar-refractivity contribution is 0.602. The minimum atomic E-state index is -0.681. The van der Waals surface area contributed by atoms with Crippen LogP contribution >= 0.6 is 0 Å². The summed E-state index contributed by atoms with van der Waals surface area (Å²) in [6, 6.07) is 1.89. The predicted octanol–water partition coefficient (Wildman–Crippen LogP) is 2.87. The highest BCUT2D eigenvalue weighted by atomic mass is 19.1. The van der Waals surface area contributed by atoms with E-state index in [2.05, 4.69) is 10.0 Å². The van der Waals surface area contributed by atoms with Gasteiger partial charge < -0.3 is 5.73 Å². The highest BCUT2D eigenvalue weighted by molar-refractivity contribution is 5.55. The summed E-state index contributed by atoms with van der Waals surface area (Å²) in [5.74, 6) is -1.30. The van der Waals surface area contributed by atoms with E-state index >= 15 is 0 Å². The number of halogens is 2. The molecule has 0 bridgehead atoms. The molecule has 0 amide bonds. The summed E-state index contributed by atoms with van der Waals surface area (Å²) in [6.07, 6.45) is 2.75. The normalized spacial score (nSPS) is 10.3. The fourth-order valence-corrected chi connectivity index (χ4v) is 0.969. The lowest BCUT2D eigenvalue weighted by Crippen LogP contribution is -1.94. The number of hydrogen-bond donors (Lipinski definition) is 1. The molecular weight excluding hydrogens is 202 g/mol. The lowest BCUT2D eigenvalue weighted by atomic mass is 10.1. The van der Waals surface area contributed by atoms with Gasteiger partial charge in [-0.05, 0) is 11.6 Å². The van der Waals surface area contributed by atoms with Gasteiger partial charge in [-0.3, -0.25) is 0 Å². The third-order valence-electron chi connectivity index (χ3n) is 1.66. The van der Waals surface area contributed by atoms with Crippen LogP contribution in [-0.4, -0.2) is 6.54 Å². The van der Waals surface area contributed by atoms with Gasteiger partial charge in [-0.2, -0.15) is 0 Å². The molecule has 0 aliphatic heterocycles. The average molecular weight is 210 g/mol. The Kier molecular flexibility index (Phi) is 3.65. The van der Waals surface area contributed by atoms with Crippen molar-refractivity contribution in [2.45, 2.75) is 0 Å². The Morgan fingerprint density at radius 3 is 2.80 bits per heavy atom. The summed E-state index contributed by atoms with van der Waals surface area (Å²) >= 11 is 0. The Hall–Kier alpha value is -2.07. The fraction of sp³-hybridized carbons (Fsp3) is 0.111. The number of rotatable bonds is 3. The first-order valence-electron chi connectivity index (χ1n) is 4.07. The monoisotopic (exact) mass is 210 g/mol. The number of benzene rings is 1. The molecule has 1 rings (SSSR count). The van der Waals surface area contributed by atoms with Gasteiger partial charge in [0, 0.05) is 23.1 Å². The summed E-state index contributed by atoms with van der Waals surface area (Å²) in [4.78, 5) is 2.51. The standard InChI is InChI=1S/C9H8F2N4/c10-7-5-9(12)8(11)4-6(7)2-1-3-14-15-13/h1-2,4-5H,3,12H2. The Morgan fingerprint density at radius 1 is 1.40 bits per heavy atom. The van der Waals surface area contributed by atoms with E-state index in [1.165, 1.54) is 12.2 Å². The Labute approximate surface area is 84.6 Å². The van der Waals surface area contributed by atoms with Gasteiger partial charge in [0.05, 0.1) is 5.69 Å². The summed E-state index contributed by atoms with van der Waals surface area (Å²) in [5, 5.41) is 3.21. The zero-order valence-corrected chi connectivity index (χ0v) is 7.69. The van der Waals surface area contributed by atoms with E-state index in [1.54, 1.807) is 0 Å². The SMILES string of the molecule is [N-]=[N+]=NCC=Cc1cc(F)c(N)cc1F.